The van der Waals surface area contributed by atoms with Gasteiger partial charge in [0.1, 0.15) is 0 Å². The number of carbonyl (C=O) groups is 1. The number of hydrogen-bond donors (Lipinski definition) is 1. The van der Waals surface area contributed by atoms with Gasteiger partial charge >= 0.3 is 0 Å². The molecule has 0 saturated heterocycles. The van der Waals surface area contributed by atoms with E-state index in [0.29, 0.717) is 16.5 Å². The van der Waals surface area contributed by atoms with Crippen LogP contribution in [-0.4, -0.2) is 31.1 Å². The number of benzene rings is 2. The number of hydrogen-bond acceptors (Lipinski definition) is 5. The van der Waals surface area contributed by atoms with Crippen LogP contribution in [0.4, 0.5) is 0 Å². The molecule has 8 heteroatoms. The van der Waals surface area contributed by atoms with Crippen LogP contribution < -0.4 is 14.9 Å². The fraction of sp³-hybridized carbons (Fsp3) is 0.300. The number of nitrogens with one attached hydrogen (secondary N) is 1. The second kappa shape index (κ2) is 11.3. The van der Waals surface area contributed by atoms with E-state index < -0.39 is 0 Å². The molecule has 2 rings (SSSR count). The molecule has 5 nitrogen and oxygen atoms in total. The van der Waals surface area contributed by atoms with Crippen LogP contribution in [0.1, 0.15) is 25.8 Å². The molecule has 0 spiro atoms. The normalized spacial score (nSPS) is 12.0. The van der Waals surface area contributed by atoms with Gasteiger partial charge in [-0.2, -0.15) is 5.10 Å². The van der Waals surface area contributed by atoms with E-state index in [9.17, 15) is 4.79 Å². The Hall–Kier alpha value is -1.70. The zero-order valence-corrected chi connectivity index (χ0v) is 19.0. The van der Waals surface area contributed by atoms with Crippen molar-refractivity contribution in [2.75, 3.05) is 12.9 Å². The lowest BCUT2D eigenvalue weighted by atomic mass is 10.2. The molecular formula is C20H22BrClN2O3S. The molecule has 0 saturated carbocycles. The van der Waals surface area contributed by atoms with Crippen LogP contribution in [0.15, 0.2) is 50.9 Å². The standard InChI is InChI=1S/C20H22BrClN2O3S/c1-4-13(2)27-20-17(21)9-14(10-18(20)26-3)11-23-24-19(25)12-28-16-7-5-15(22)6-8-16/h5-11,13H,4,12H2,1-3H3,(H,24,25)/b23-11-/t13-/m1/s1. The van der Waals surface area contributed by atoms with Crippen molar-refractivity contribution < 1.29 is 14.3 Å². The maximum Gasteiger partial charge on any atom is 0.250 e. The van der Waals surface area contributed by atoms with Crippen LogP contribution in [-0.2, 0) is 4.79 Å². The molecule has 2 aromatic carbocycles. The van der Waals surface area contributed by atoms with Gasteiger partial charge in [0.15, 0.2) is 11.5 Å². The number of nitrogens with zero attached hydrogens (tertiary/aromatic N) is 1. The number of hydrazone groups is 1. The van der Waals surface area contributed by atoms with E-state index in [0.717, 1.165) is 21.4 Å². The lowest BCUT2D eigenvalue weighted by Crippen LogP contribution is -2.19. The van der Waals surface area contributed by atoms with Gasteiger partial charge in [-0.1, -0.05) is 18.5 Å². The summed E-state index contributed by atoms with van der Waals surface area (Å²) < 4.78 is 12.1. The summed E-state index contributed by atoms with van der Waals surface area (Å²) in [6.45, 7) is 4.05. The van der Waals surface area contributed by atoms with Crippen LogP contribution >= 0.6 is 39.3 Å². The molecule has 150 valence electrons. The Balaban J connectivity index is 1.94. The Bertz CT molecular complexity index is 831. The molecule has 0 bridgehead atoms. The zero-order chi connectivity index (χ0) is 20.5. The fourth-order valence-electron chi connectivity index (χ4n) is 2.10. The summed E-state index contributed by atoms with van der Waals surface area (Å²) in [5.41, 5.74) is 3.29. The molecule has 1 amide bonds. The topological polar surface area (TPSA) is 59.9 Å². The van der Waals surface area contributed by atoms with Crippen molar-refractivity contribution in [3.63, 3.8) is 0 Å². The van der Waals surface area contributed by atoms with Gasteiger partial charge in [0.05, 0.1) is 29.7 Å². The SMILES string of the molecule is CC[C@@H](C)Oc1c(Br)cc(/C=N\NC(=O)CSc2ccc(Cl)cc2)cc1OC. The van der Waals surface area contributed by atoms with Gasteiger partial charge in [-0.15, -0.1) is 11.8 Å². The van der Waals surface area contributed by atoms with Gasteiger partial charge in [-0.25, -0.2) is 5.43 Å². The first-order valence-electron chi connectivity index (χ1n) is 8.67. The molecule has 1 atom stereocenters. The molecule has 1 N–H and O–H groups in total. The first-order chi connectivity index (χ1) is 13.4. The van der Waals surface area contributed by atoms with E-state index in [1.54, 1.807) is 31.5 Å². The fourth-order valence-corrected chi connectivity index (χ4v) is 3.47. The molecule has 0 heterocycles. The first-order valence-corrected chi connectivity index (χ1v) is 10.8. The Kier molecular flexibility index (Phi) is 9.15. The largest absolute Gasteiger partial charge is 0.493 e. The number of carbonyl (C=O) groups excluding carboxylic acids is 1. The lowest BCUT2D eigenvalue weighted by molar-refractivity contribution is -0.118. The highest BCUT2D eigenvalue weighted by Crippen LogP contribution is 2.37. The van der Waals surface area contributed by atoms with Crippen molar-refractivity contribution in [2.45, 2.75) is 31.3 Å². The molecular weight excluding hydrogens is 464 g/mol. The number of amides is 1. The summed E-state index contributed by atoms with van der Waals surface area (Å²) in [6.07, 6.45) is 2.52. The number of methoxy groups -OCH3 is 1. The lowest BCUT2D eigenvalue weighted by Gasteiger charge is -2.17. The predicted molar refractivity (Wildman–Crippen MR) is 119 cm³/mol. The predicted octanol–water partition coefficient (Wildman–Crippen LogP) is 5.53. The van der Waals surface area contributed by atoms with Crippen molar-refractivity contribution in [2.24, 2.45) is 5.10 Å². The van der Waals surface area contributed by atoms with Crippen molar-refractivity contribution >= 4 is 51.4 Å². The molecule has 0 aliphatic carbocycles. The third-order valence-corrected chi connectivity index (χ3v) is 5.59. The second-order valence-electron chi connectivity index (χ2n) is 5.91. The molecule has 0 aliphatic rings. The molecule has 0 aliphatic heterocycles. The summed E-state index contributed by atoms with van der Waals surface area (Å²) in [7, 11) is 1.59. The molecule has 2 aromatic rings. The minimum absolute atomic E-state index is 0.0714. The van der Waals surface area contributed by atoms with Crippen LogP contribution in [0.5, 0.6) is 11.5 Å². The third-order valence-electron chi connectivity index (χ3n) is 3.73. The average Bonchev–Trinajstić information content (AvgIpc) is 2.69. The van der Waals surface area contributed by atoms with Crippen LogP contribution in [0.2, 0.25) is 5.02 Å². The third kappa shape index (κ3) is 7.04. The Labute approximate surface area is 183 Å². The Morgan fingerprint density at radius 3 is 2.71 bits per heavy atom. The maximum absolute atomic E-state index is 11.9. The minimum Gasteiger partial charge on any atom is -0.493 e. The molecule has 0 aromatic heterocycles. The summed E-state index contributed by atoms with van der Waals surface area (Å²) >= 11 is 10.8. The molecule has 28 heavy (non-hydrogen) atoms. The van der Waals surface area contributed by atoms with Crippen molar-refractivity contribution in [1.82, 2.24) is 5.43 Å². The van der Waals surface area contributed by atoms with Crippen LogP contribution in [0.3, 0.4) is 0 Å². The Morgan fingerprint density at radius 2 is 2.07 bits per heavy atom. The summed E-state index contributed by atoms with van der Waals surface area (Å²) in [6, 6.07) is 11.0. The number of halogens is 2. The highest BCUT2D eigenvalue weighted by atomic mass is 79.9. The van der Waals surface area contributed by atoms with E-state index in [1.807, 2.05) is 25.1 Å². The van der Waals surface area contributed by atoms with E-state index in [-0.39, 0.29) is 17.8 Å². The smallest absolute Gasteiger partial charge is 0.250 e. The average molecular weight is 486 g/mol. The Morgan fingerprint density at radius 1 is 1.36 bits per heavy atom. The van der Waals surface area contributed by atoms with Crippen LogP contribution in [0, 0.1) is 0 Å². The van der Waals surface area contributed by atoms with Gasteiger partial charge in [0.2, 0.25) is 5.91 Å². The van der Waals surface area contributed by atoms with Gasteiger partial charge < -0.3 is 9.47 Å². The highest BCUT2D eigenvalue weighted by molar-refractivity contribution is 9.10. The number of thioether (sulfide) groups is 1. The molecule has 0 radical (unpaired) electrons. The number of rotatable bonds is 9. The van der Waals surface area contributed by atoms with Crippen molar-refractivity contribution in [3.05, 3.63) is 51.5 Å². The van der Waals surface area contributed by atoms with Crippen molar-refractivity contribution in [3.8, 4) is 11.5 Å². The first kappa shape index (κ1) is 22.6. The maximum atomic E-state index is 11.9. The van der Waals surface area contributed by atoms with Gasteiger partial charge in [-0.3, -0.25) is 4.79 Å². The van der Waals surface area contributed by atoms with E-state index >= 15 is 0 Å². The highest BCUT2D eigenvalue weighted by Gasteiger charge is 2.13. The summed E-state index contributed by atoms with van der Waals surface area (Å²) in [4.78, 5) is 12.9. The summed E-state index contributed by atoms with van der Waals surface area (Å²) in [5.74, 6) is 1.31. The van der Waals surface area contributed by atoms with Gasteiger partial charge in [0, 0.05) is 9.92 Å². The molecule has 0 unspecified atom stereocenters. The number of ether oxygens (including phenoxy) is 2. The minimum atomic E-state index is -0.195. The second-order valence-corrected chi connectivity index (χ2v) is 8.25. The van der Waals surface area contributed by atoms with Gasteiger partial charge in [-0.05, 0) is 71.2 Å². The van der Waals surface area contributed by atoms with E-state index in [2.05, 4.69) is 33.4 Å². The van der Waals surface area contributed by atoms with Crippen LogP contribution in [0.25, 0.3) is 0 Å². The van der Waals surface area contributed by atoms with Crippen molar-refractivity contribution in [1.29, 1.82) is 0 Å². The van der Waals surface area contributed by atoms with E-state index in [1.165, 1.54) is 11.8 Å². The summed E-state index contributed by atoms with van der Waals surface area (Å²) in [5, 5.41) is 4.68. The monoisotopic (exact) mass is 484 g/mol. The van der Waals surface area contributed by atoms with Gasteiger partial charge in [0.25, 0.3) is 0 Å². The quantitative estimate of drug-likeness (QED) is 0.288. The molecule has 0 fully saturated rings. The van der Waals surface area contributed by atoms with E-state index in [4.69, 9.17) is 21.1 Å². The zero-order valence-electron chi connectivity index (χ0n) is 15.9.